The Balaban J connectivity index is 2.21. The maximum Gasteiger partial charge on any atom is 0.253 e. The normalized spacial score (nSPS) is 11.9. The Morgan fingerprint density at radius 2 is 1.47 bits per heavy atom. The van der Waals surface area contributed by atoms with Crippen LogP contribution in [0.5, 0.6) is 0 Å². The van der Waals surface area contributed by atoms with E-state index in [0.29, 0.717) is 5.56 Å². The van der Waals surface area contributed by atoms with E-state index in [1.165, 1.54) is 4.90 Å². The fourth-order valence-electron chi connectivity index (χ4n) is 1.89. The van der Waals surface area contributed by atoms with E-state index in [-0.39, 0.29) is 5.91 Å². The molecular weight excluding hydrogens is 238 g/mol. The second kappa shape index (κ2) is 5.67. The molecule has 2 rings (SSSR count). The summed E-state index contributed by atoms with van der Waals surface area (Å²) in [6.45, 7) is 0. The third kappa shape index (κ3) is 3.01. The van der Waals surface area contributed by atoms with Crippen molar-refractivity contribution in [3.63, 3.8) is 0 Å². The molecule has 0 unspecified atom stereocenters. The first-order valence-corrected chi connectivity index (χ1v) is 6.14. The van der Waals surface area contributed by atoms with Crippen molar-refractivity contribution in [1.82, 2.24) is 4.90 Å². The summed E-state index contributed by atoms with van der Waals surface area (Å²) in [5, 5.41) is 10.2. The van der Waals surface area contributed by atoms with Gasteiger partial charge >= 0.3 is 0 Å². The molecule has 3 nitrogen and oxygen atoms in total. The molecule has 0 aliphatic heterocycles. The highest BCUT2D eigenvalue weighted by Crippen LogP contribution is 2.21. The number of carbonyl (C=O) groups is 1. The molecule has 3 heteroatoms. The van der Waals surface area contributed by atoms with E-state index >= 15 is 0 Å². The van der Waals surface area contributed by atoms with Crippen molar-refractivity contribution in [2.24, 2.45) is 0 Å². The molecular formula is C16H17NO2. The number of benzene rings is 2. The van der Waals surface area contributed by atoms with Crippen LogP contribution in [0.4, 0.5) is 0 Å². The van der Waals surface area contributed by atoms with Crippen LogP contribution in [0, 0.1) is 0 Å². The number of amides is 1. The number of rotatable bonds is 3. The van der Waals surface area contributed by atoms with Gasteiger partial charge in [-0.1, -0.05) is 42.5 Å². The summed E-state index contributed by atoms with van der Waals surface area (Å²) in [7, 11) is 3.43. The van der Waals surface area contributed by atoms with Gasteiger partial charge < -0.3 is 10.0 Å². The first kappa shape index (κ1) is 13.3. The Kier molecular flexibility index (Phi) is 3.97. The first-order chi connectivity index (χ1) is 9.09. The number of carbonyl (C=O) groups excluding carboxylic acids is 1. The zero-order chi connectivity index (χ0) is 13.8. The van der Waals surface area contributed by atoms with Crippen LogP contribution in [0.25, 0.3) is 0 Å². The zero-order valence-electron chi connectivity index (χ0n) is 11.1. The third-order valence-corrected chi connectivity index (χ3v) is 2.99. The Morgan fingerprint density at radius 1 is 0.947 bits per heavy atom. The quantitative estimate of drug-likeness (QED) is 0.915. The van der Waals surface area contributed by atoms with Crippen LogP contribution in [0.1, 0.15) is 27.6 Å². The number of hydrogen-bond donors (Lipinski definition) is 1. The summed E-state index contributed by atoms with van der Waals surface area (Å²) < 4.78 is 0. The van der Waals surface area contributed by atoms with E-state index in [1.807, 2.05) is 30.3 Å². The maximum atomic E-state index is 11.8. The van der Waals surface area contributed by atoms with Crippen molar-refractivity contribution in [1.29, 1.82) is 0 Å². The lowest BCUT2D eigenvalue weighted by atomic mass is 10.0. The molecule has 0 aromatic heterocycles. The average molecular weight is 255 g/mol. The summed E-state index contributed by atoms with van der Waals surface area (Å²) >= 11 is 0. The molecule has 0 fully saturated rings. The van der Waals surface area contributed by atoms with Crippen molar-refractivity contribution in [2.75, 3.05) is 14.1 Å². The molecule has 0 radical (unpaired) electrons. The van der Waals surface area contributed by atoms with Crippen LogP contribution in [0.15, 0.2) is 54.6 Å². The summed E-state index contributed by atoms with van der Waals surface area (Å²) in [6.07, 6.45) is -0.662. The van der Waals surface area contributed by atoms with Gasteiger partial charge in [0.1, 0.15) is 6.10 Å². The number of aliphatic hydroxyl groups is 1. The predicted octanol–water partition coefficient (Wildman–Crippen LogP) is 2.47. The lowest BCUT2D eigenvalue weighted by molar-refractivity contribution is 0.0827. The van der Waals surface area contributed by atoms with Crippen molar-refractivity contribution >= 4 is 5.91 Å². The van der Waals surface area contributed by atoms with Gasteiger partial charge in [-0.05, 0) is 23.3 Å². The zero-order valence-corrected chi connectivity index (χ0v) is 11.1. The summed E-state index contributed by atoms with van der Waals surface area (Å²) in [5.74, 6) is -0.0410. The van der Waals surface area contributed by atoms with Crippen molar-refractivity contribution in [2.45, 2.75) is 6.10 Å². The van der Waals surface area contributed by atoms with Gasteiger partial charge in [-0.3, -0.25) is 4.79 Å². The minimum Gasteiger partial charge on any atom is -0.384 e. The van der Waals surface area contributed by atoms with E-state index < -0.39 is 6.10 Å². The summed E-state index contributed by atoms with van der Waals surface area (Å²) in [5.41, 5.74) is 2.24. The number of hydrogen-bond acceptors (Lipinski definition) is 2. The Bertz CT molecular complexity index is 547. The second-order valence-electron chi connectivity index (χ2n) is 4.63. The SMILES string of the molecule is CN(C)C(=O)c1ccc([C@@H](O)c2ccccc2)cc1. The van der Waals surface area contributed by atoms with E-state index in [2.05, 4.69) is 0 Å². The summed E-state index contributed by atoms with van der Waals surface area (Å²) in [6, 6.07) is 16.5. The van der Waals surface area contributed by atoms with Crippen LogP contribution in [-0.4, -0.2) is 30.0 Å². The highest BCUT2D eigenvalue weighted by atomic mass is 16.3. The monoisotopic (exact) mass is 255 g/mol. The molecule has 1 amide bonds. The Hall–Kier alpha value is -2.13. The Labute approximate surface area is 113 Å². The van der Waals surface area contributed by atoms with E-state index in [0.717, 1.165) is 11.1 Å². The van der Waals surface area contributed by atoms with Crippen LogP contribution >= 0.6 is 0 Å². The Morgan fingerprint density at radius 3 is 2.00 bits per heavy atom. The van der Waals surface area contributed by atoms with E-state index in [9.17, 15) is 9.90 Å². The van der Waals surface area contributed by atoms with E-state index in [4.69, 9.17) is 0 Å². The molecule has 2 aromatic carbocycles. The van der Waals surface area contributed by atoms with Crippen molar-refractivity contribution in [3.05, 3.63) is 71.3 Å². The molecule has 0 bridgehead atoms. The minimum atomic E-state index is -0.662. The molecule has 0 aliphatic carbocycles. The molecule has 2 aromatic rings. The molecule has 98 valence electrons. The molecule has 19 heavy (non-hydrogen) atoms. The molecule has 0 aliphatic rings. The van der Waals surface area contributed by atoms with Gasteiger partial charge in [0, 0.05) is 19.7 Å². The van der Waals surface area contributed by atoms with Gasteiger partial charge in [-0.25, -0.2) is 0 Å². The first-order valence-electron chi connectivity index (χ1n) is 6.14. The summed E-state index contributed by atoms with van der Waals surface area (Å²) in [4.78, 5) is 13.3. The van der Waals surface area contributed by atoms with Gasteiger partial charge in [-0.2, -0.15) is 0 Å². The molecule has 1 N–H and O–H groups in total. The number of aliphatic hydroxyl groups excluding tert-OH is 1. The van der Waals surface area contributed by atoms with Crippen molar-refractivity contribution < 1.29 is 9.90 Å². The predicted molar refractivity (Wildman–Crippen MR) is 75.0 cm³/mol. The minimum absolute atomic E-state index is 0.0410. The second-order valence-corrected chi connectivity index (χ2v) is 4.63. The van der Waals surface area contributed by atoms with Gasteiger partial charge in [0.2, 0.25) is 0 Å². The van der Waals surface area contributed by atoms with Gasteiger partial charge in [-0.15, -0.1) is 0 Å². The molecule has 0 saturated heterocycles. The number of nitrogens with zero attached hydrogens (tertiary/aromatic N) is 1. The van der Waals surface area contributed by atoms with Crippen LogP contribution < -0.4 is 0 Å². The van der Waals surface area contributed by atoms with E-state index in [1.54, 1.807) is 38.4 Å². The van der Waals surface area contributed by atoms with Gasteiger partial charge in [0.05, 0.1) is 0 Å². The smallest absolute Gasteiger partial charge is 0.253 e. The molecule has 1 atom stereocenters. The molecule has 0 heterocycles. The topological polar surface area (TPSA) is 40.5 Å². The lowest BCUT2D eigenvalue weighted by Gasteiger charge is -2.13. The van der Waals surface area contributed by atoms with Gasteiger partial charge in [0.15, 0.2) is 0 Å². The largest absolute Gasteiger partial charge is 0.384 e. The van der Waals surface area contributed by atoms with Crippen LogP contribution in [-0.2, 0) is 0 Å². The maximum absolute atomic E-state index is 11.8. The van der Waals surface area contributed by atoms with Crippen LogP contribution in [0.2, 0.25) is 0 Å². The molecule has 0 saturated carbocycles. The average Bonchev–Trinajstić information content (AvgIpc) is 2.46. The van der Waals surface area contributed by atoms with Crippen molar-refractivity contribution in [3.8, 4) is 0 Å². The fourth-order valence-corrected chi connectivity index (χ4v) is 1.89. The third-order valence-electron chi connectivity index (χ3n) is 2.99. The standard InChI is InChI=1S/C16H17NO2/c1-17(2)16(19)14-10-8-13(9-11-14)15(18)12-6-4-3-5-7-12/h3-11,15,18H,1-2H3/t15-/m0/s1. The van der Waals surface area contributed by atoms with Gasteiger partial charge in [0.25, 0.3) is 5.91 Å². The fraction of sp³-hybridized carbons (Fsp3) is 0.188. The highest BCUT2D eigenvalue weighted by molar-refractivity contribution is 5.93. The lowest BCUT2D eigenvalue weighted by Crippen LogP contribution is -2.21. The van der Waals surface area contributed by atoms with Crippen LogP contribution in [0.3, 0.4) is 0 Å². The highest BCUT2D eigenvalue weighted by Gasteiger charge is 2.12. The molecule has 0 spiro atoms.